The molecule has 4 nitrogen and oxygen atoms in total. The molecule has 20 heavy (non-hydrogen) atoms. The van der Waals surface area contributed by atoms with Gasteiger partial charge in [0, 0.05) is 10.4 Å². The third kappa shape index (κ3) is 3.05. The summed E-state index contributed by atoms with van der Waals surface area (Å²) in [7, 11) is 0. The van der Waals surface area contributed by atoms with E-state index >= 15 is 0 Å². The molecule has 0 aliphatic carbocycles. The lowest BCUT2D eigenvalue weighted by Gasteiger charge is -2.05. The molecule has 0 spiro atoms. The fourth-order valence-corrected chi connectivity index (χ4v) is 2.86. The molecule has 0 fully saturated rings. The zero-order valence-corrected chi connectivity index (χ0v) is 12.6. The lowest BCUT2D eigenvalue weighted by atomic mass is 10.2. The molecular weight excluding hydrogens is 349 g/mol. The smallest absolute Gasteiger partial charge is 0.338 e. The van der Waals surface area contributed by atoms with Gasteiger partial charge in [0.25, 0.3) is 5.91 Å². The minimum absolute atomic E-state index is 0.0435. The standard InChI is InChI=1S/C13H9BrFNO3S/c1-6-4-8(13(18)19)12(20-6)16-11(17)7-2-3-10(15)9(14)5-7/h2-5H,1H3,(H,16,17)(H,18,19). The number of carbonyl (C=O) groups is 2. The van der Waals surface area contributed by atoms with Crippen molar-refractivity contribution in [2.24, 2.45) is 0 Å². The van der Waals surface area contributed by atoms with E-state index in [2.05, 4.69) is 21.2 Å². The Bertz CT molecular complexity index is 699. The summed E-state index contributed by atoms with van der Waals surface area (Å²) in [5.74, 6) is -2.07. The minimum Gasteiger partial charge on any atom is -0.478 e. The van der Waals surface area contributed by atoms with Gasteiger partial charge in [0.15, 0.2) is 0 Å². The van der Waals surface area contributed by atoms with Gasteiger partial charge in [-0.1, -0.05) is 0 Å². The van der Waals surface area contributed by atoms with Crippen LogP contribution >= 0.6 is 27.3 Å². The average Bonchev–Trinajstić information content (AvgIpc) is 2.73. The number of hydrogen-bond donors (Lipinski definition) is 2. The van der Waals surface area contributed by atoms with Gasteiger partial charge in [-0.15, -0.1) is 11.3 Å². The van der Waals surface area contributed by atoms with Crippen molar-refractivity contribution in [3.63, 3.8) is 0 Å². The van der Waals surface area contributed by atoms with Crippen LogP contribution in [-0.2, 0) is 0 Å². The quantitative estimate of drug-likeness (QED) is 0.874. The number of carboxylic acids is 1. The van der Waals surface area contributed by atoms with E-state index in [1.165, 1.54) is 29.5 Å². The number of carboxylic acid groups (broad SMARTS) is 1. The van der Waals surface area contributed by atoms with Crippen LogP contribution in [0.2, 0.25) is 0 Å². The molecular formula is C13H9BrFNO3S. The van der Waals surface area contributed by atoms with E-state index in [-0.39, 0.29) is 20.6 Å². The van der Waals surface area contributed by atoms with Crippen molar-refractivity contribution in [1.29, 1.82) is 0 Å². The van der Waals surface area contributed by atoms with Gasteiger partial charge in [-0.25, -0.2) is 9.18 Å². The molecule has 1 heterocycles. The topological polar surface area (TPSA) is 66.4 Å². The normalized spacial score (nSPS) is 10.3. The van der Waals surface area contributed by atoms with E-state index in [4.69, 9.17) is 5.11 Å². The summed E-state index contributed by atoms with van der Waals surface area (Å²) in [5.41, 5.74) is 0.280. The molecule has 7 heteroatoms. The number of hydrogen-bond acceptors (Lipinski definition) is 3. The van der Waals surface area contributed by atoms with E-state index in [0.29, 0.717) is 0 Å². The molecule has 0 bridgehead atoms. The maximum absolute atomic E-state index is 13.1. The van der Waals surface area contributed by atoms with Gasteiger partial charge in [0.1, 0.15) is 10.8 Å². The van der Waals surface area contributed by atoms with Crippen molar-refractivity contribution in [3.8, 4) is 0 Å². The van der Waals surface area contributed by atoms with Crippen molar-refractivity contribution in [1.82, 2.24) is 0 Å². The van der Waals surface area contributed by atoms with Crippen LogP contribution in [0, 0.1) is 12.7 Å². The Hall–Kier alpha value is -1.73. The van der Waals surface area contributed by atoms with E-state index in [1.54, 1.807) is 6.92 Å². The van der Waals surface area contributed by atoms with E-state index in [1.807, 2.05) is 0 Å². The van der Waals surface area contributed by atoms with Crippen LogP contribution in [0.5, 0.6) is 0 Å². The fourth-order valence-electron chi connectivity index (χ4n) is 1.58. The van der Waals surface area contributed by atoms with Crippen LogP contribution < -0.4 is 5.32 Å². The molecule has 0 aliphatic rings. The molecule has 0 aliphatic heterocycles. The van der Waals surface area contributed by atoms with Crippen molar-refractivity contribution in [3.05, 3.63) is 50.6 Å². The second-order valence-electron chi connectivity index (χ2n) is 3.99. The van der Waals surface area contributed by atoms with Gasteiger partial charge in [-0.2, -0.15) is 0 Å². The first-order valence-corrected chi connectivity index (χ1v) is 7.09. The van der Waals surface area contributed by atoms with Crippen LogP contribution in [0.1, 0.15) is 25.6 Å². The summed E-state index contributed by atoms with van der Waals surface area (Å²) in [6, 6.07) is 5.32. The zero-order chi connectivity index (χ0) is 14.9. The van der Waals surface area contributed by atoms with Gasteiger partial charge in [0.2, 0.25) is 0 Å². The molecule has 2 aromatic rings. The molecule has 2 rings (SSSR count). The SMILES string of the molecule is Cc1cc(C(=O)O)c(NC(=O)c2ccc(F)c(Br)c2)s1. The number of aromatic carboxylic acids is 1. The molecule has 104 valence electrons. The largest absolute Gasteiger partial charge is 0.478 e. The summed E-state index contributed by atoms with van der Waals surface area (Å²) in [6.45, 7) is 1.75. The summed E-state index contributed by atoms with van der Waals surface area (Å²) < 4.78 is 13.3. The fraction of sp³-hybridized carbons (Fsp3) is 0.0769. The predicted octanol–water partition coefficient (Wildman–Crippen LogP) is 3.91. The van der Waals surface area contributed by atoms with Gasteiger partial charge >= 0.3 is 5.97 Å². The zero-order valence-electron chi connectivity index (χ0n) is 10.2. The molecule has 1 aromatic carbocycles. The number of carbonyl (C=O) groups excluding carboxylic acids is 1. The highest BCUT2D eigenvalue weighted by atomic mass is 79.9. The monoisotopic (exact) mass is 357 g/mol. The number of anilines is 1. The third-order valence-electron chi connectivity index (χ3n) is 2.49. The van der Waals surface area contributed by atoms with E-state index < -0.39 is 17.7 Å². The maximum atomic E-state index is 13.1. The van der Waals surface area contributed by atoms with Crippen LogP contribution in [-0.4, -0.2) is 17.0 Å². The Balaban J connectivity index is 2.27. The van der Waals surface area contributed by atoms with Crippen LogP contribution in [0.15, 0.2) is 28.7 Å². The van der Waals surface area contributed by atoms with Gasteiger partial charge in [0.05, 0.1) is 10.0 Å². The second-order valence-corrected chi connectivity index (χ2v) is 6.10. The van der Waals surface area contributed by atoms with Crippen molar-refractivity contribution >= 4 is 44.1 Å². The number of aryl methyl sites for hydroxylation is 1. The summed E-state index contributed by atoms with van der Waals surface area (Å²) in [4.78, 5) is 23.8. The molecule has 0 saturated carbocycles. The number of benzene rings is 1. The Kier molecular flexibility index (Phi) is 4.20. The molecule has 1 amide bonds. The van der Waals surface area contributed by atoms with Gasteiger partial charge in [-0.3, -0.25) is 4.79 Å². The number of thiophene rings is 1. The first-order chi connectivity index (χ1) is 9.38. The highest BCUT2D eigenvalue weighted by Gasteiger charge is 2.17. The average molecular weight is 358 g/mol. The van der Waals surface area contributed by atoms with Crippen LogP contribution in [0.4, 0.5) is 9.39 Å². The first kappa shape index (κ1) is 14.7. The number of amides is 1. The summed E-state index contributed by atoms with van der Waals surface area (Å²) >= 11 is 4.17. The molecule has 0 atom stereocenters. The lowest BCUT2D eigenvalue weighted by Crippen LogP contribution is -2.13. The second kappa shape index (κ2) is 5.72. The Labute approximate surface area is 126 Å². The summed E-state index contributed by atoms with van der Waals surface area (Å²) in [5, 5.41) is 11.8. The molecule has 1 aromatic heterocycles. The predicted molar refractivity (Wildman–Crippen MR) is 78.1 cm³/mol. The third-order valence-corrected chi connectivity index (χ3v) is 4.07. The van der Waals surface area contributed by atoms with Gasteiger partial charge < -0.3 is 10.4 Å². The minimum atomic E-state index is -1.11. The Morgan fingerprint density at radius 3 is 2.65 bits per heavy atom. The first-order valence-electron chi connectivity index (χ1n) is 5.48. The number of rotatable bonds is 3. The molecule has 0 saturated heterocycles. The maximum Gasteiger partial charge on any atom is 0.338 e. The molecule has 0 unspecified atom stereocenters. The molecule has 2 N–H and O–H groups in total. The van der Waals surface area contributed by atoms with E-state index in [9.17, 15) is 14.0 Å². The highest BCUT2D eigenvalue weighted by Crippen LogP contribution is 2.28. The highest BCUT2D eigenvalue weighted by molar-refractivity contribution is 9.10. The van der Waals surface area contributed by atoms with Crippen molar-refractivity contribution < 1.29 is 19.1 Å². The van der Waals surface area contributed by atoms with Crippen LogP contribution in [0.25, 0.3) is 0 Å². The molecule has 0 radical (unpaired) electrons. The number of halogens is 2. The van der Waals surface area contributed by atoms with E-state index in [0.717, 1.165) is 10.9 Å². The Morgan fingerprint density at radius 1 is 1.35 bits per heavy atom. The summed E-state index contributed by atoms with van der Waals surface area (Å²) in [6.07, 6.45) is 0. The van der Waals surface area contributed by atoms with Crippen LogP contribution in [0.3, 0.4) is 0 Å². The lowest BCUT2D eigenvalue weighted by molar-refractivity contribution is 0.0698. The van der Waals surface area contributed by atoms with Crippen molar-refractivity contribution in [2.75, 3.05) is 5.32 Å². The van der Waals surface area contributed by atoms with Gasteiger partial charge in [-0.05, 0) is 47.1 Å². The number of nitrogens with one attached hydrogen (secondary N) is 1. The Morgan fingerprint density at radius 2 is 2.05 bits per heavy atom. The van der Waals surface area contributed by atoms with Crippen molar-refractivity contribution in [2.45, 2.75) is 6.92 Å².